The highest BCUT2D eigenvalue weighted by atomic mass is 16.6. The number of nitrogens with one attached hydrogen (secondary N) is 1. The Balaban J connectivity index is 1.91. The van der Waals surface area contributed by atoms with Crippen LogP contribution in [-0.4, -0.2) is 24.3 Å². The van der Waals surface area contributed by atoms with E-state index in [-0.39, 0.29) is 18.2 Å². The number of hydrogen-bond acceptors (Lipinski definition) is 3. The van der Waals surface area contributed by atoms with Crippen molar-refractivity contribution in [2.75, 3.05) is 11.4 Å². The molecular formula is C14H18N2O2. The third-order valence-corrected chi connectivity index (χ3v) is 3.38. The van der Waals surface area contributed by atoms with Crippen LogP contribution in [0.15, 0.2) is 24.3 Å². The molecule has 1 saturated heterocycles. The number of carbonyl (C=O) groups is 1. The second-order valence-electron chi connectivity index (χ2n) is 5.86. The highest BCUT2D eigenvalue weighted by molar-refractivity contribution is 5.92. The van der Waals surface area contributed by atoms with Crippen molar-refractivity contribution in [1.29, 1.82) is 0 Å². The topological polar surface area (TPSA) is 41.6 Å². The van der Waals surface area contributed by atoms with Gasteiger partial charge >= 0.3 is 6.09 Å². The Labute approximate surface area is 107 Å². The zero-order chi connectivity index (χ0) is 12.9. The van der Waals surface area contributed by atoms with Gasteiger partial charge in [-0.15, -0.1) is 0 Å². The minimum absolute atomic E-state index is 0.206. The summed E-state index contributed by atoms with van der Waals surface area (Å²) in [5, 5.41) is 3.36. The third-order valence-electron chi connectivity index (χ3n) is 3.38. The minimum atomic E-state index is -0.457. The van der Waals surface area contributed by atoms with Crippen molar-refractivity contribution in [3.05, 3.63) is 29.8 Å². The van der Waals surface area contributed by atoms with Gasteiger partial charge < -0.3 is 10.1 Å². The summed E-state index contributed by atoms with van der Waals surface area (Å²) in [4.78, 5) is 14.1. The van der Waals surface area contributed by atoms with Crippen LogP contribution in [0.2, 0.25) is 0 Å². The third kappa shape index (κ3) is 1.68. The van der Waals surface area contributed by atoms with Crippen molar-refractivity contribution in [1.82, 2.24) is 5.32 Å². The predicted octanol–water partition coefficient (Wildman–Crippen LogP) is 2.45. The predicted molar refractivity (Wildman–Crippen MR) is 69.7 cm³/mol. The molecule has 96 valence electrons. The highest BCUT2D eigenvalue weighted by Crippen LogP contribution is 2.43. The number of anilines is 1. The number of nitrogens with zero attached hydrogens (tertiary/aromatic N) is 1. The zero-order valence-electron chi connectivity index (χ0n) is 10.9. The number of carbonyl (C=O) groups excluding carboxylic acids is 1. The Morgan fingerprint density at radius 2 is 2.11 bits per heavy atom. The molecule has 2 heterocycles. The monoisotopic (exact) mass is 246 g/mol. The molecule has 2 aliphatic heterocycles. The van der Waals surface area contributed by atoms with E-state index in [1.165, 1.54) is 5.56 Å². The van der Waals surface area contributed by atoms with Crippen LogP contribution >= 0.6 is 0 Å². The van der Waals surface area contributed by atoms with E-state index in [0.717, 1.165) is 12.2 Å². The van der Waals surface area contributed by atoms with Crippen molar-refractivity contribution in [3.8, 4) is 0 Å². The lowest BCUT2D eigenvalue weighted by atomic mass is 9.97. The SMILES string of the molecule is CC(C)(C)OC(=O)N1c2ccccc2C2NCC21. The number of hydrogen-bond donors (Lipinski definition) is 1. The summed E-state index contributed by atoms with van der Waals surface area (Å²) in [6.45, 7) is 6.51. The van der Waals surface area contributed by atoms with E-state index in [1.807, 2.05) is 39.0 Å². The Bertz CT molecular complexity index is 493. The second-order valence-corrected chi connectivity index (χ2v) is 5.86. The largest absolute Gasteiger partial charge is 0.443 e. The average molecular weight is 246 g/mol. The van der Waals surface area contributed by atoms with Crippen molar-refractivity contribution in [3.63, 3.8) is 0 Å². The molecule has 2 unspecified atom stereocenters. The molecule has 1 N–H and O–H groups in total. The molecule has 18 heavy (non-hydrogen) atoms. The summed E-state index contributed by atoms with van der Waals surface area (Å²) in [5.74, 6) is 0. The molecule has 1 amide bonds. The lowest BCUT2D eigenvalue weighted by molar-refractivity contribution is 0.0550. The van der Waals surface area contributed by atoms with Crippen LogP contribution < -0.4 is 10.2 Å². The van der Waals surface area contributed by atoms with Gasteiger partial charge in [0.05, 0.1) is 17.8 Å². The van der Waals surface area contributed by atoms with E-state index in [9.17, 15) is 4.79 Å². The number of fused-ring (bicyclic) bond motifs is 3. The Kier molecular flexibility index (Phi) is 2.38. The molecule has 1 fully saturated rings. The van der Waals surface area contributed by atoms with Gasteiger partial charge in [0, 0.05) is 6.54 Å². The number of rotatable bonds is 0. The number of benzene rings is 1. The van der Waals surface area contributed by atoms with Crippen LogP contribution in [-0.2, 0) is 4.74 Å². The van der Waals surface area contributed by atoms with Gasteiger partial charge in [-0.05, 0) is 32.4 Å². The molecular weight excluding hydrogens is 228 g/mol. The number of para-hydroxylation sites is 1. The lowest BCUT2D eigenvalue weighted by Gasteiger charge is -2.37. The molecule has 0 aliphatic carbocycles. The molecule has 2 atom stereocenters. The molecule has 1 aromatic carbocycles. The van der Waals surface area contributed by atoms with Crippen LogP contribution in [0.5, 0.6) is 0 Å². The number of amides is 1. The summed E-state index contributed by atoms with van der Waals surface area (Å²) in [6, 6.07) is 8.50. The van der Waals surface area contributed by atoms with Gasteiger partial charge in [-0.25, -0.2) is 4.79 Å². The second kappa shape index (κ2) is 3.72. The molecule has 0 aromatic heterocycles. The van der Waals surface area contributed by atoms with E-state index in [4.69, 9.17) is 4.74 Å². The van der Waals surface area contributed by atoms with Crippen molar-refractivity contribution in [2.24, 2.45) is 0 Å². The molecule has 0 bridgehead atoms. The zero-order valence-corrected chi connectivity index (χ0v) is 10.9. The fraction of sp³-hybridized carbons (Fsp3) is 0.500. The summed E-state index contributed by atoms with van der Waals surface area (Å²) in [6.07, 6.45) is -0.246. The summed E-state index contributed by atoms with van der Waals surface area (Å²) in [5.41, 5.74) is 1.72. The van der Waals surface area contributed by atoms with E-state index < -0.39 is 5.60 Å². The molecule has 4 heteroatoms. The Hall–Kier alpha value is -1.55. The molecule has 0 saturated carbocycles. The lowest BCUT2D eigenvalue weighted by Crippen LogP contribution is -2.57. The van der Waals surface area contributed by atoms with Crippen LogP contribution in [0.4, 0.5) is 10.5 Å². The van der Waals surface area contributed by atoms with Crippen LogP contribution in [0.25, 0.3) is 0 Å². The first-order valence-electron chi connectivity index (χ1n) is 6.32. The van der Waals surface area contributed by atoms with Crippen LogP contribution in [0.1, 0.15) is 32.4 Å². The average Bonchev–Trinajstić information content (AvgIpc) is 2.44. The van der Waals surface area contributed by atoms with Gasteiger partial charge in [-0.3, -0.25) is 4.90 Å². The van der Waals surface area contributed by atoms with E-state index in [2.05, 4.69) is 11.4 Å². The Morgan fingerprint density at radius 1 is 1.39 bits per heavy atom. The van der Waals surface area contributed by atoms with Crippen LogP contribution in [0.3, 0.4) is 0 Å². The van der Waals surface area contributed by atoms with Crippen molar-refractivity contribution < 1.29 is 9.53 Å². The van der Waals surface area contributed by atoms with Crippen molar-refractivity contribution in [2.45, 2.75) is 38.5 Å². The normalized spacial score (nSPS) is 25.2. The highest BCUT2D eigenvalue weighted by Gasteiger charge is 2.48. The van der Waals surface area contributed by atoms with Gasteiger partial charge in [0.15, 0.2) is 0 Å². The molecule has 0 radical (unpaired) electrons. The quantitative estimate of drug-likeness (QED) is 0.764. The molecule has 0 spiro atoms. The molecule has 1 aromatic rings. The fourth-order valence-corrected chi connectivity index (χ4v) is 2.59. The van der Waals surface area contributed by atoms with Gasteiger partial charge in [-0.1, -0.05) is 18.2 Å². The van der Waals surface area contributed by atoms with E-state index >= 15 is 0 Å². The number of ether oxygens (including phenoxy) is 1. The van der Waals surface area contributed by atoms with Gasteiger partial charge in [0.1, 0.15) is 5.60 Å². The van der Waals surface area contributed by atoms with Gasteiger partial charge in [-0.2, -0.15) is 0 Å². The Morgan fingerprint density at radius 3 is 2.72 bits per heavy atom. The first-order chi connectivity index (χ1) is 8.47. The summed E-state index contributed by atoms with van der Waals surface area (Å²) in [7, 11) is 0. The summed E-state index contributed by atoms with van der Waals surface area (Å²) < 4.78 is 5.49. The molecule has 4 nitrogen and oxygen atoms in total. The smallest absolute Gasteiger partial charge is 0.415 e. The fourth-order valence-electron chi connectivity index (χ4n) is 2.59. The van der Waals surface area contributed by atoms with E-state index in [1.54, 1.807) is 4.90 Å². The summed E-state index contributed by atoms with van der Waals surface area (Å²) >= 11 is 0. The van der Waals surface area contributed by atoms with Gasteiger partial charge in [0.2, 0.25) is 0 Å². The molecule has 3 rings (SSSR count). The maximum absolute atomic E-state index is 12.3. The van der Waals surface area contributed by atoms with Crippen molar-refractivity contribution >= 4 is 11.8 Å². The van der Waals surface area contributed by atoms with E-state index in [0.29, 0.717) is 0 Å². The standard InChI is InChI=1S/C14H18N2O2/c1-14(2,3)18-13(17)16-10-7-5-4-6-9(10)12-11(16)8-15-12/h4-7,11-12,15H,8H2,1-3H3. The first kappa shape index (κ1) is 11.5. The maximum atomic E-state index is 12.3. The van der Waals surface area contributed by atoms with Crippen LogP contribution in [0, 0.1) is 0 Å². The minimum Gasteiger partial charge on any atom is -0.443 e. The first-order valence-corrected chi connectivity index (χ1v) is 6.32. The molecule has 2 aliphatic rings. The van der Waals surface area contributed by atoms with Gasteiger partial charge in [0.25, 0.3) is 0 Å². The maximum Gasteiger partial charge on any atom is 0.415 e.